The smallest absolute Gasteiger partial charge is 1.00 e. The molecule has 2 aliphatic rings. The summed E-state index contributed by atoms with van der Waals surface area (Å²) < 4.78 is 1.48. The first-order valence-electron chi connectivity index (χ1n) is 16.9. The van der Waals surface area contributed by atoms with Crippen LogP contribution in [0.2, 0.25) is 0 Å². The SMILES string of the molecule is CC1=C(c2c3c(cc(C(C)(C)C)c2=C(c2ccccc2)c2ccccc2)=c2cc(C(C)(C)C)ccc2=[C]3[Zr+2])C(C)C=C1C(C)(C)C.[Cl-].[Cl-]. The molecular weight excluding hydrogens is 703 g/mol. The van der Waals surface area contributed by atoms with Crippen LogP contribution in [0.5, 0.6) is 0 Å². The minimum atomic E-state index is -0.0871. The van der Waals surface area contributed by atoms with Gasteiger partial charge >= 0.3 is 294 Å². The largest absolute Gasteiger partial charge is 1.00 e. The molecule has 4 aromatic rings. The molecule has 3 heteroatoms. The quantitative estimate of drug-likeness (QED) is 0.294. The van der Waals surface area contributed by atoms with Gasteiger partial charge in [0.05, 0.1) is 0 Å². The van der Waals surface area contributed by atoms with Crippen LogP contribution in [0, 0.1) is 21.8 Å². The molecule has 2 aliphatic carbocycles. The van der Waals surface area contributed by atoms with E-state index in [4.69, 9.17) is 0 Å². The molecule has 1 atom stereocenters. The van der Waals surface area contributed by atoms with E-state index < -0.39 is 0 Å². The van der Waals surface area contributed by atoms with Gasteiger partial charge in [-0.2, -0.15) is 0 Å². The Labute approximate surface area is 316 Å². The Morgan fingerprint density at radius 3 is 1.60 bits per heavy atom. The van der Waals surface area contributed by atoms with E-state index in [0.717, 1.165) is 0 Å². The zero-order chi connectivity index (χ0) is 33.3. The van der Waals surface area contributed by atoms with Crippen molar-refractivity contribution in [2.24, 2.45) is 11.3 Å². The zero-order valence-corrected chi connectivity index (χ0v) is 34.5. The molecule has 6 rings (SSSR count). The maximum atomic E-state index is 2.58. The predicted octanol–water partition coefficient (Wildman–Crippen LogP) is 4.24. The number of fused-ring (bicyclic) bond motifs is 2. The van der Waals surface area contributed by atoms with Crippen LogP contribution in [-0.4, -0.2) is 0 Å². The number of benzene rings is 4. The van der Waals surface area contributed by atoms with E-state index in [1.807, 2.05) is 0 Å². The van der Waals surface area contributed by atoms with Crippen molar-refractivity contribution in [2.75, 3.05) is 0 Å². The summed E-state index contributed by atoms with van der Waals surface area (Å²) in [5.74, 6) is 0.317. The molecule has 0 bridgehead atoms. The Bertz CT molecular complexity index is 2110. The van der Waals surface area contributed by atoms with Crippen molar-refractivity contribution in [3.8, 4) is 0 Å². The fourth-order valence-corrected chi connectivity index (χ4v) is 8.87. The molecule has 0 radical (unpaired) electrons. The number of rotatable bonds is 3. The Hall–Kier alpha value is -2.44. The third kappa shape index (κ3) is 6.70. The van der Waals surface area contributed by atoms with E-state index in [9.17, 15) is 0 Å². The van der Waals surface area contributed by atoms with Crippen molar-refractivity contribution in [1.29, 1.82) is 0 Å². The van der Waals surface area contributed by atoms with Crippen LogP contribution in [0.25, 0.3) is 14.4 Å². The minimum absolute atomic E-state index is 0. The summed E-state index contributed by atoms with van der Waals surface area (Å²) in [6, 6.07) is 32.1. The topological polar surface area (TPSA) is 0 Å². The van der Waals surface area contributed by atoms with Gasteiger partial charge in [-0.15, -0.1) is 0 Å². The van der Waals surface area contributed by atoms with Crippen LogP contribution in [0.3, 0.4) is 0 Å². The molecule has 48 heavy (non-hydrogen) atoms. The van der Waals surface area contributed by atoms with Gasteiger partial charge in [0.2, 0.25) is 0 Å². The van der Waals surface area contributed by atoms with E-state index in [0.29, 0.717) is 5.92 Å². The molecule has 0 amide bonds. The van der Waals surface area contributed by atoms with Crippen molar-refractivity contribution < 1.29 is 49.5 Å². The number of allylic oxidation sites excluding steroid dienone is 4. The summed E-state index contributed by atoms with van der Waals surface area (Å²) in [4.78, 5) is 0. The summed E-state index contributed by atoms with van der Waals surface area (Å²) >= 11 is 1.46. The molecule has 0 nitrogen and oxygen atoms in total. The Morgan fingerprint density at radius 1 is 0.604 bits per heavy atom. The molecular formula is C45H49Cl2Zr. The molecule has 0 fully saturated rings. The third-order valence-electron chi connectivity index (χ3n) is 9.96. The molecule has 0 saturated carbocycles. The van der Waals surface area contributed by atoms with Gasteiger partial charge in [0.15, 0.2) is 0 Å². The molecule has 4 aromatic carbocycles. The molecule has 1 unspecified atom stereocenters. The van der Waals surface area contributed by atoms with Crippen LogP contribution in [0.4, 0.5) is 0 Å². The molecule has 0 saturated heterocycles. The second-order valence-electron chi connectivity index (χ2n) is 16.5. The van der Waals surface area contributed by atoms with Gasteiger partial charge in [-0.05, 0) is 0 Å². The van der Waals surface area contributed by atoms with Gasteiger partial charge in [-0.25, -0.2) is 0 Å². The number of hydrogen-bond donors (Lipinski definition) is 0. The molecule has 247 valence electrons. The van der Waals surface area contributed by atoms with Crippen LogP contribution in [0.1, 0.15) is 110 Å². The summed E-state index contributed by atoms with van der Waals surface area (Å²) in [6.07, 6.45) is 2.55. The fraction of sp³-hybridized carbons (Fsp3) is 0.333. The van der Waals surface area contributed by atoms with Crippen LogP contribution < -0.4 is 35.3 Å². The van der Waals surface area contributed by atoms with E-state index in [1.165, 1.54) is 105 Å². The molecule has 0 spiro atoms. The zero-order valence-electron chi connectivity index (χ0n) is 30.5. The van der Waals surface area contributed by atoms with Gasteiger partial charge in [0.1, 0.15) is 0 Å². The summed E-state index contributed by atoms with van der Waals surface area (Å²) in [6.45, 7) is 26.1. The first-order chi connectivity index (χ1) is 21.5. The Balaban J connectivity index is 0.00000260. The van der Waals surface area contributed by atoms with Gasteiger partial charge in [-0.1, -0.05) is 0 Å². The average molecular weight is 752 g/mol. The van der Waals surface area contributed by atoms with Crippen LogP contribution in [-0.2, 0) is 35.5 Å². The first kappa shape index (κ1) is 38.4. The van der Waals surface area contributed by atoms with E-state index in [-0.39, 0.29) is 41.1 Å². The number of halogens is 2. The Morgan fingerprint density at radius 2 is 1.15 bits per heavy atom. The van der Waals surface area contributed by atoms with E-state index in [1.54, 1.807) is 0 Å². The maximum absolute atomic E-state index is 2.58. The second-order valence-corrected chi connectivity index (χ2v) is 17.7. The van der Waals surface area contributed by atoms with Crippen molar-refractivity contribution in [1.82, 2.24) is 0 Å². The summed E-state index contributed by atoms with van der Waals surface area (Å²) in [5.41, 5.74) is 14.1. The van der Waals surface area contributed by atoms with Crippen LogP contribution in [0.15, 0.2) is 102 Å². The van der Waals surface area contributed by atoms with Crippen molar-refractivity contribution >= 4 is 14.4 Å². The minimum Gasteiger partial charge on any atom is -1.00 e. The average Bonchev–Trinajstić information content (AvgIpc) is 3.45. The first-order valence-corrected chi connectivity index (χ1v) is 18.1. The van der Waals surface area contributed by atoms with E-state index >= 15 is 0 Å². The monoisotopic (exact) mass is 749 g/mol. The fourth-order valence-electron chi connectivity index (χ4n) is 7.70. The summed E-state index contributed by atoms with van der Waals surface area (Å²) in [5, 5.41) is 5.63. The van der Waals surface area contributed by atoms with Crippen molar-refractivity contribution in [3.63, 3.8) is 0 Å². The van der Waals surface area contributed by atoms with Gasteiger partial charge < -0.3 is 24.8 Å². The third-order valence-corrected chi connectivity index (χ3v) is 11.2. The Kier molecular flexibility index (Phi) is 11.0. The van der Waals surface area contributed by atoms with Gasteiger partial charge in [0, 0.05) is 0 Å². The van der Waals surface area contributed by atoms with Crippen molar-refractivity contribution in [3.05, 3.63) is 156 Å². The second kappa shape index (κ2) is 13.7. The standard InChI is InChI=1S/C45H49.2ClH.Zr/c1-28-24-37(44(6,7)8)29(2)39(28)41-36-25-32-22-23-33(43(3,4)5)26-34(32)35(36)27-38(45(9,10)11)42(41)40(30-18-14-12-15-19-30)31-20-16-13-17-21-31;;;/h12-24,26-28H,1-11H3;2*1H;/q;;;+2/p-2. The maximum Gasteiger partial charge on any atom is -1.00 e. The molecule has 0 aliphatic heterocycles. The number of hydrogen-bond acceptors (Lipinski definition) is 0. The normalized spacial score (nSPS) is 15.8. The predicted molar refractivity (Wildman–Crippen MR) is 194 cm³/mol. The molecule has 0 heterocycles. The summed E-state index contributed by atoms with van der Waals surface area (Å²) in [7, 11) is 0. The van der Waals surface area contributed by atoms with Crippen molar-refractivity contribution in [2.45, 2.75) is 87.0 Å². The molecule has 0 aromatic heterocycles. The van der Waals surface area contributed by atoms with Gasteiger partial charge in [-0.3, -0.25) is 0 Å². The van der Waals surface area contributed by atoms with Gasteiger partial charge in [0.25, 0.3) is 0 Å². The molecule has 0 N–H and O–H groups in total. The van der Waals surface area contributed by atoms with E-state index in [2.05, 4.69) is 167 Å². The van der Waals surface area contributed by atoms with Crippen LogP contribution >= 0.6 is 0 Å².